The van der Waals surface area contributed by atoms with Crippen molar-refractivity contribution in [2.45, 2.75) is 33.6 Å². The summed E-state index contributed by atoms with van der Waals surface area (Å²) in [5.41, 5.74) is 0.807. The Morgan fingerprint density at radius 2 is 2.16 bits per heavy atom. The van der Waals surface area contributed by atoms with Crippen molar-refractivity contribution in [3.8, 4) is 5.75 Å². The van der Waals surface area contributed by atoms with Crippen molar-refractivity contribution < 1.29 is 9.90 Å². The van der Waals surface area contributed by atoms with E-state index in [1.165, 1.54) is 12.5 Å². The number of guanidine groups is 1. The Bertz CT molecular complexity index is 613. The van der Waals surface area contributed by atoms with Crippen LogP contribution >= 0.6 is 0 Å². The monoisotopic (exact) mass is 346 g/mol. The zero-order valence-electron chi connectivity index (χ0n) is 15.5. The van der Waals surface area contributed by atoms with E-state index in [-0.39, 0.29) is 11.7 Å². The van der Waals surface area contributed by atoms with Gasteiger partial charge in [0.2, 0.25) is 0 Å². The van der Waals surface area contributed by atoms with Crippen LogP contribution in [0.3, 0.4) is 0 Å². The fourth-order valence-electron chi connectivity index (χ4n) is 2.93. The molecule has 0 unspecified atom stereocenters. The number of carbonyl (C=O) groups excluding carboxylic acids is 1. The van der Waals surface area contributed by atoms with Crippen LogP contribution in [-0.4, -0.2) is 54.6 Å². The van der Waals surface area contributed by atoms with Crippen LogP contribution in [0.15, 0.2) is 29.3 Å². The number of aliphatic imine (C=N–C) groups is 1. The molecule has 0 radical (unpaired) electrons. The summed E-state index contributed by atoms with van der Waals surface area (Å²) in [6, 6.07) is 6.36. The van der Waals surface area contributed by atoms with Crippen LogP contribution in [0.5, 0.6) is 5.75 Å². The highest BCUT2D eigenvalue weighted by Gasteiger charge is 2.30. The van der Waals surface area contributed by atoms with Crippen molar-refractivity contribution in [1.82, 2.24) is 15.5 Å². The molecule has 1 aliphatic heterocycles. The van der Waals surface area contributed by atoms with Crippen LogP contribution in [0.1, 0.15) is 44.0 Å². The molecular weight excluding hydrogens is 316 g/mol. The number of rotatable bonds is 6. The molecule has 0 spiro atoms. The maximum atomic E-state index is 12.0. The number of phenolic OH excluding ortho intramolecular Hbond substituents is 1. The molecule has 138 valence electrons. The van der Waals surface area contributed by atoms with E-state index in [1.807, 2.05) is 0 Å². The van der Waals surface area contributed by atoms with Gasteiger partial charge in [0.15, 0.2) is 5.96 Å². The van der Waals surface area contributed by atoms with Gasteiger partial charge in [0.1, 0.15) is 5.75 Å². The second-order valence-corrected chi connectivity index (χ2v) is 7.23. The molecule has 6 nitrogen and oxygen atoms in total. The Balaban J connectivity index is 1.77. The average Bonchev–Trinajstić information content (AvgIpc) is 2.93. The van der Waals surface area contributed by atoms with Gasteiger partial charge in [-0.2, -0.15) is 0 Å². The van der Waals surface area contributed by atoms with Gasteiger partial charge >= 0.3 is 0 Å². The number of nitrogens with zero attached hydrogens (tertiary/aromatic N) is 2. The number of phenols is 1. The molecule has 1 amide bonds. The lowest BCUT2D eigenvalue weighted by molar-refractivity contribution is 0.0953. The van der Waals surface area contributed by atoms with Crippen molar-refractivity contribution in [3.63, 3.8) is 0 Å². The maximum absolute atomic E-state index is 12.0. The highest BCUT2D eigenvalue weighted by Crippen LogP contribution is 2.28. The molecular formula is C19H30N4O2. The summed E-state index contributed by atoms with van der Waals surface area (Å²) in [7, 11) is 0. The first kappa shape index (κ1) is 19.1. The highest BCUT2D eigenvalue weighted by atomic mass is 16.3. The predicted molar refractivity (Wildman–Crippen MR) is 101 cm³/mol. The summed E-state index contributed by atoms with van der Waals surface area (Å²) in [5, 5.41) is 15.6. The Kier molecular flexibility index (Phi) is 6.67. The number of benzene rings is 1. The summed E-state index contributed by atoms with van der Waals surface area (Å²) >= 11 is 0. The molecule has 1 heterocycles. The first-order valence-electron chi connectivity index (χ1n) is 9.02. The molecule has 0 aromatic heterocycles. The Hall–Kier alpha value is -2.24. The third-order valence-electron chi connectivity index (χ3n) is 4.30. The molecule has 1 saturated heterocycles. The Labute approximate surface area is 150 Å². The van der Waals surface area contributed by atoms with Crippen molar-refractivity contribution in [2.24, 2.45) is 10.4 Å². The van der Waals surface area contributed by atoms with Crippen molar-refractivity contribution in [1.29, 1.82) is 0 Å². The van der Waals surface area contributed by atoms with Crippen molar-refractivity contribution >= 4 is 11.9 Å². The van der Waals surface area contributed by atoms with E-state index in [0.717, 1.165) is 32.0 Å². The fourth-order valence-corrected chi connectivity index (χ4v) is 2.93. The standard InChI is InChI=1S/C19H30N4O2/c1-4-20-18(23-12-9-19(2,3)14-23)22-11-6-10-21-17(25)15-7-5-8-16(24)13-15/h5,7-8,13,24H,4,6,9-12,14H2,1-3H3,(H,20,22)(H,21,25). The van der Waals surface area contributed by atoms with Gasteiger partial charge in [-0.25, -0.2) is 0 Å². The van der Waals surface area contributed by atoms with E-state index in [1.54, 1.807) is 18.2 Å². The average molecular weight is 346 g/mol. The summed E-state index contributed by atoms with van der Waals surface area (Å²) in [6.45, 7) is 10.8. The molecule has 0 saturated carbocycles. The van der Waals surface area contributed by atoms with E-state index < -0.39 is 0 Å². The van der Waals surface area contributed by atoms with Gasteiger partial charge in [0.25, 0.3) is 5.91 Å². The number of hydrogen-bond acceptors (Lipinski definition) is 3. The van der Waals surface area contributed by atoms with Crippen molar-refractivity contribution in [2.75, 3.05) is 32.7 Å². The van der Waals surface area contributed by atoms with Crippen LogP contribution in [0.25, 0.3) is 0 Å². The van der Waals surface area contributed by atoms with Gasteiger partial charge in [-0.15, -0.1) is 0 Å². The zero-order valence-corrected chi connectivity index (χ0v) is 15.5. The van der Waals surface area contributed by atoms with Crippen LogP contribution in [0, 0.1) is 5.41 Å². The summed E-state index contributed by atoms with van der Waals surface area (Å²) < 4.78 is 0. The second kappa shape index (κ2) is 8.74. The third-order valence-corrected chi connectivity index (χ3v) is 4.30. The summed E-state index contributed by atoms with van der Waals surface area (Å²) in [4.78, 5) is 19.0. The number of nitrogens with one attached hydrogen (secondary N) is 2. The lowest BCUT2D eigenvalue weighted by Crippen LogP contribution is -2.41. The van der Waals surface area contributed by atoms with Gasteiger partial charge in [-0.05, 0) is 43.4 Å². The van der Waals surface area contributed by atoms with Gasteiger partial charge in [-0.1, -0.05) is 19.9 Å². The maximum Gasteiger partial charge on any atom is 0.251 e. The van der Waals surface area contributed by atoms with Crippen molar-refractivity contribution in [3.05, 3.63) is 29.8 Å². The van der Waals surface area contributed by atoms with Crippen LogP contribution in [0.4, 0.5) is 0 Å². The smallest absolute Gasteiger partial charge is 0.251 e. The topological polar surface area (TPSA) is 77.0 Å². The van der Waals surface area contributed by atoms with E-state index in [2.05, 4.69) is 41.3 Å². The Morgan fingerprint density at radius 1 is 1.36 bits per heavy atom. The SMILES string of the molecule is CCNC(=NCCCNC(=O)c1cccc(O)c1)N1CCC(C)(C)C1. The number of amides is 1. The first-order chi connectivity index (χ1) is 11.9. The van der Waals surface area contributed by atoms with Crippen LogP contribution < -0.4 is 10.6 Å². The first-order valence-corrected chi connectivity index (χ1v) is 9.02. The minimum absolute atomic E-state index is 0.0982. The lowest BCUT2D eigenvalue weighted by atomic mass is 9.93. The molecule has 0 bridgehead atoms. The summed E-state index contributed by atoms with van der Waals surface area (Å²) in [5.74, 6) is 0.890. The predicted octanol–water partition coefficient (Wildman–Crippen LogP) is 2.21. The molecule has 1 fully saturated rings. The van der Waals surface area contributed by atoms with E-state index in [4.69, 9.17) is 0 Å². The van der Waals surface area contributed by atoms with Gasteiger partial charge in [0.05, 0.1) is 0 Å². The van der Waals surface area contributed by atoms with E-state index in [9.17, 15) is 9.90 Å². The largest absolute Gasteiger partial charge is 0.508 e. The molecule has 25 heavy (non-hydrogen) atoms. The molecule has 1 aliphatic rings. The summed E-state index contributed by atoms with van der Waals surface area (Å²) in [6.07, 6.45) is 1.95. The van der Waals surface area contributed by atoms with E-state index in [0.29, 0.717) is 24.1 Å². The molecule has 2 rings (SSSR count). The Morgan fingerprint density at radius 3 is 2.80 bits per heavy atom. The minimum Gasteiger partial charge on any atom is -0.508 e. The van der Waals surface area contributed by atoms with Gasteiger partial charge in [0, 0.05) is 38.3 Å². The molecule has 0 aliphatic carbocycles. The number of likely N-dealkylation sites (tertiary alicyclic amines) is 1. The number of hydrogen-bond donors (Lipinski definition) is 3. The third kappa shape index (κ3) is 5.96. The molecule has 1 aromatic carbocycles. The molecule has 1 aromatic rings. The van der Waals surface area contributed by atoms with Crippen LogP contribution in [0.2, 0.25) is 0 Å². The zero-order chi connectivity index (χ0) is 18.3. The number of aromatic hydroxyl groups is 1. The lowest BCUT2D eigenvalue weighted by Gasteiger charge is -2.23. The van der Waals surface area contributed by atoms with Gasteiger partial charge < -0.3 is 20.6 Å². The molecule has 6 heteroatoms. The quantitative estimate of drug-likeness (QED) is 0.419. The minimum atomic E-state index is -0.173. The van der Waals surface area contributed by atoms with Gasteiger partial charge in [-0.3, -0.25) is 9.79 Å². The van der Waals surface area contributed by atoms with E-state index >= 15 is 0 Å². The number of carbonyl (C=O) groups is 1. The molecule has 0 atom stereocenters. The fraction of sp³-hybridized carbons (Fsp3) is 0.579. The highest BCUT2D eigenvalue weighted by molar-refractivity contribution is 5.94. The second-order valence-electron chi connectivity index (χ2n) is 7.23. The normalized spacial score (nSPS) is 16.8. The van der Waals surface area contributed by atoms with Crippen LogP contribution in [-0.2, 0) is 0 Å². The molecule has 3 N–H and O–H groups in total.